The van der Waals surface area contributed by atoms with Gasteiger partial charge in [-0.05, 0) is 24.3 Å². The number of rotatable bonds is 4. The van der Waals surface area contributed by atoms with Gasteiger partial charge in [-0.15, -0.1) is 0 Å². The molecule has 0 bridgehead atoms. The molecular formula is C12H10ClN5O2S. The number of benzene rings is 1. The predicted molar refractivity (Wildman–Crippen MR) is 79.0 cm³/mol. The van der Waals surface area contributed by atoms with Crippen LogP contribution in [-0.4, -0.2) is 13.4 Å². The van der Waals surface area contributed by atoms with Gasteiger partial charge in [0.05, 0.1) is 28.0 Å². The van der Waals surface area contributed by atoms with Crippen LogP contribution in [0.3, 0.4) is 0 Å². The van der Waals surface area contributed by atoms with Crippen molar-refractivity contribution in [1.82, 2.24) is 4.98 Å². The van der Waals surface area contributed by atoms with Gasteiger partial charge in [0.25, 0.3) is 10.0 Å². The summed E-state index contributed by atoms with van der Waals surface area (Å²) in [7, 11) is -3.92. The van der Waals surface area contributed by atoms with Gasteiger partial charge in [0.1, 0.15) is 4.90 Å². The molecule has 108 valence electrons. The standard InChI is InChI=1S/C12H10ClN5O2S/c13-9-5-8(6-14)1-2-10(9)18-21(19,20)12-7-16-4-3-11(12)17-15/h1-5,7,18H,15H2,(H,16,17). The third-order valence-corrected chi connectivity index (χ3v) is 4.28. The first-order valence-electron chi connectivity index (χ1n) is 5.61. The number of nitrogens with one attached hydrogen (secondary N) is 2. The Kier molecular flexibility index (Phi) is 4.28. The van der Waals surface area contributed by atoms with E-state index >= 15 is 0 Å². The van der Waals surface area contributed by atoms with Gasteiger partial charge >= 0.3 is 0 Å². The summed E-state index contributed by atoms with van der Waals surface area (Å²) in [5.41, 5.74) is 2.96. The molecule has 2 aromatic rings. The average molecular weight is 324 g/mol. The Balaban J connectivity index is 2.41. The van der Waals surface area contributed by atoms with Crippen molar-refractivity contribution in [2.24, 2.45) is 5.84 Å². The fourth-order valence-corrected chi connectivity index (χ4v) is 3.06. The molecule has 21 heavy (non-hydrogen) atoms. The van der Waals surface area contributed by atoms with Crippen LogP contribution >= 0.6 is 11.6 Å². The number of hydrogen-bond acceptors (Lipinski definition) is 6. The highest BCUT2D eigenvalue weighted by Crippen LogP contribution is 2.27. The molecule has 0 aliphatic rings. The van der Waals surface area contributed by atoms with Crippen molar-refractivity contribution in [3.63, 3.8) is 0 Å². The van der Waals surface area contributed by atoms with Gasteiger partial charge in [-0.3, -0.25) is 15.5 Å². The number of aromatic nitrogens is 1. The summed E-state index contributed by atoms with van der Waals surface area (Å²) in [6, 6.07) is 7.56. The first-order valence-corrected chi connectivity index (χ1v) is 7.47. The number of halogens is 1. The molecular weight excluding hydrogens is 314 g/mol. The SMILES string of the molecule is N#Cc1ccc(NS(=O)(=O)c2cnccc2NN)c(Cl)c1. The van der Waals surface area contributed by atoms with Crippen molar-refractivity contribution in [3.8, 4) is 6.07 Å². The Morgan fingerprint density at radius 1 is 1.29 bits per heavy atom. The maximum Gasteiger partial charge on any atom is 0.265 e. The lowest BCUT2D eigenvalue weighted by molar-refractivity contribution is 0.601. The van der Waals surface area contributed by atoms with E-state index in [9.17, 15) is 8.42 Å². The van der Waals surface area contributed by atoms with Gasteiger partial charge in [0, 0.05) is 12.4 Å². The molecule has 2 rings (SSSR count). The molecule has 0 radical (unpaired) electrons. The number of hydrazine groups is 1. The first-order chi connectivity index (χ1) is 9.97. The molecule has 1 aromatic heterocycles. The van der Waals surface area contributed by atoms with Crippen LogP contribution < -0.4 is 16.0 Å². The Morgan fingerprint density at radius 3 is 2.67 bits per heavy atom. The van der Waals surface area contributed by atoms with E-state index in [0.29, 0.717) is 5.56 Å². The van der Waals surface area contributed by atoms with E-state index in [1.54, 1.807) is 0 Å². The zero-order valence-electron chi connectivity index (χ0n) is 10.5. The van der Waals surface area contributed by atoms with E-state index in [1.165, 1.54) is 30.5 Å². The van der Waals surface area contributed by atoms with Crippen molar-refractivity contribution in [2.45, 2.75) is 4.90 Å². The molecule has 7 nitrogen and oxygen atoms in total. The maximum absolute atomic E-state index is 12.3. The molecule has 0 saturated heterocycles. The third kappa shape index (κ3) is 3.22. The number of nitrogens with zero attached hydrogens (tertiary/aromatic N) is 2. The lowest BCUT2D eigenvalue weighted by Gasteiger charge is -2.12. The zero-order valence-corrected chi connectivity index (χ0v) is 12.1. The highest BCUT2D eigenvalue weighted by Gasteiger charge is 2.20. The number of nitriles is 1. The van der Waals surface area contributed by atoms with Crippen molar-refractivity contribution in [2.75, 3.05) is 10.1 Å². The normalized spacial score (nSPS) is 10.7. The van der Waals surface area contributed by atoms with Crippen LogP contribution in [-0.2, 0) is 10.0 Å². The monoisotopic (exact) mass is 323 g/mol. The van der Waals surface area contributed by atoms with Gasteiger partial charge in [-0.1, -0.05) is 11.6 Å². The van der Waals surface area contributed by atoms with Crippen LogP contribution in [0.15, 0.2) is 41.6 Å². The number of nitrogens with two attached hydrogens (primary N) is 1. The predicted octanol–water partition coefficient (Wildman–Crippen LogP) is 1.69. The molecule has 0 fully saturated rings. The Labute approximate surface area is 126 Å². The molecule has 0 unspecified atom stereocenters. The fourth-order valence-electron chi connectivity index (χ4n) is 1.58. The van der Waals surface area contributed by atoms with Crippen LogP contribution in [0, 0.1) is 11.3 Å². The quantitative estimate of drug-likeness (QED) is 0.581. The van der Waals surface area contributed by atoms with E-state index in [0.717, 1.165) is 6.20 Å². The van der Waals surface area contributed by atoms with E-state index < -0.39 is 10.0 Å². The van der Waals surface area contributed by atoms with E-state index in [-0.39, 0.29) is 21.3 Å². The highest BCUT2D eigenvalue weighted by molar-refractivity contribution is 7.92. The number of hydrogen-bond donors (Lipinski definition) is 3. The smallest absolute Gasteiger partial charge is 0.265 e. The second-order valence-electron chi connectivity index (χ2n) is 3.93. The fraction of sp³-hybridized carbons (Fsp3) is 0. The van der Waals surface area contributed by atoms with E-state index in [2.05, 4.69) is 15.1 Å². The summed E-state index contributed by atoms with van der Waals surface area (Å²) in [5, 5.41) is 8.87. The molecule has 0 spiro atoms. The molecule has 1 aromatic carbocycles. The molecule has 9 heteroatoms. The van der Waals surface area contributed by atoms with Crippen LogP contribution in [0.5, 0.6) is 0 Å². The van der Waals surface area contributed by atoms with Gasteiger partial charge in [-0.25, -0.2) is 8.42 Å². The summed E-state index contributed by atoms with van der Waals surface area (Å²) in [5.74, 6) is 5.28. The van der Waals surface area contributed by atoms with Gasteiger partial charge < -0.3 is 5.43 Å². The second kappa shape index (κ2) is 5.97. The van der Waals surface area contributed by atoms with E-state index in [4.69, 9.17) is 22.7 Å². The van der Waals surface area contributed by atoms with Gasteiger partial charge in [-0.2, -0.15) is 5.26 Å². The van der Waals surface area contributed by atoms with Crippen LogP contribution in [0.2, 0.25) is 5.02 Å². The topological polar surface area (TPSA) is 121 Å². The van der Waals surface area contributed by atoms with Gasteiger partial charge in [0.15, 0.2) is 0 Å². The summed E-state index contributed by atoms with van der Waals surface area (Å²) in [4.78, 5) is 3.64. The molecule has 0 atom stereocenters. The lowest BCUT2D eigenvalue weighted by Crippen LogP contribution is -2.18. The molecule has 4 N–H and O–H groups in total. The van der Waals surface area contributed by atoms with Crippen LogP contribution in [0.4, 0.5) is 11.4 Å². The Bertz CT molecular complexity index is 817. The minimum Gasteiger partial charge on any atom is -0.323 e. The molecule has 1 heterocycles. The lowest BCUT2D eigenvalue weighted by atomic mass is 10.2. The zero-order chi connectivity index (χ0) is 15.5. The summed E-state index contributed by atoms with van der Waals surface area (Å²) in [6.45, 7) is 0. The van der Waals surface area contributed by atoms with Crippen molar-refractivity contribution < 1.29 is 8.42 Å². The minimum atomic E-state index is -3.92. The summed E-state index contributed by atoms with van der Waals surface area (Å²) in [6.07, 6.45) is 2.57. The number of pyridine rings is 1. The highest BCUT2D eigenvalue weighted by atomic mass is 35.5. The molecule has 0 amide bonds. The van der Waals surface area contributed by atoms with E-state index in [1.807, 2.05) is 6.07 Å². The van der Waals surface area contributed by atoms with Crippen LogP contribution in [0.1, 0.15) is 5.56 Å². The van der Waals surface area contributed by atoms with Crippen molar-refractivity contribution in [3.05, 3.63) is 47.2 Å². The summed E-state index contributed by atoms with van der Waals surface area (Å²) < 4.78 is 27.0. The second-order valence-corrected chi connectivity index (χ2v) is 5.99. The van der Waals surface area contributed by atoms with Crippen molar-refractivity contribution in [1.29, 1.82) is 5.26 Å². The number of anilines is 2. The molecule has 0 saturated carbocycles. The summed E-state index contributed by atoms with van der Waals surface area (Å²) >= 11 is 5.94. The minimum absolute atomic E-state index is 0.115. The first kappa shape index (κ1) is 15.1. The van der Waals surface area contributed by atoms with Crippen molar-refractivity contribution >= 4 is 33.0 Å². The Hall–Kier alpha value is -2.34. The maximum atomic E-state index is 12.3. The largest absolute Gasteiger partial charge is 0.323 e. The third-order valence-electron chi connectivity index (χ3n) is 2.57. The number of sulfonamides is 1. The molecule has 0 aliphatic carbocycles. The Morgan fingerprint density at radius 2 is 2.05 bits per heavy atom. The number of nitrogen functional groups attached to an aromatic ring is 1. The molecule has 0 aliphatic heterocycles. The van der Waals surface area contributed by atoms with Gasteiger partial charge in [0.2, 0.25) is 0 Å². The van der Waals surface area contributed by atoms with Crippen LogP contribution in [0.25, 0.3) is 0 Å². The average Bonchev–Trinajstić information content (AvgIpc) is 2.49.